The van der Waals surface area contributed by atoms with E-state index < -0.39 is 10.0 Å². The number of hydrogen-bond donors (Lipinski definition) is 2. The molecule has 8 heteroatoms. The molecule has 1 fully saturated rings. The Labute approximate surface area is 147 Å². The molecule has 3 rings (SSSR count). The van der Waals surface area contributed by atoms with E-state index in [0.29, 0.717) is 11.4 Å². The van der Waals surface area contributed by atoms with Gasteiger partial charge in [0.25, 0.3) is 5.91 Å². The van der Waals surface area contributed by atoms with Crippen LogP contribution >= 0.6 is 11.6 Å². The fourth-order valence-corrected chi connectivity index (χ4v) is 4.99. The van der Waals surface area contributed by atoms with E-state index in [9.17, 15) is 13.2 Å². The van der Waals surface area contributed by atoms with E-state index in [1.165, 1.54) is 18.6 Å². The summed E-state index contributed by atoms with van der Waals surface area (Å²) < 4.78 is 33.5. The second-order valence-electron chi connectivity index (χ2n) is 6.28. The van der Waals surface area contributed by atoms with Crippen molar-refractivity contribution in [2.24, 2.45) is 0 Å². The molecular weight excluding hydrogens is 352 g/mol. The van der Waals surface area contributed by atoms with Gasteiger partial charge in [0, 0.05) is 12.1 Å². The molecule has 1 aliphatic heterocycles. The van der Waals surface area contributed by atoms with Crippen LogP contribution in [0.25, 0.3) is 0 Å². The lowest BCUT2D eigenvalue weighted by Gasteiger charge is -2.23. The van der Waals surface area contributed by atoms with Crippen LogP contribution in [0.5, 0.6) is 5.75 Å². The van der Waals surface area contributed by atoms with Crippen LogP contribution in [0.4, 0.5) is 5.69 Å². The quantitative estimate of drug-likeness (QED) is 0.853. The Bertz CT molecular complexity index is 728. The highest BCUT2D eigenvalue weighted by Crippen LogP contribution is 2.35. The summed E-state index contributed by atoms with van der Waals surface area (Å²) in [6.45, 7) is -0.135. The molecule has 0 bridgehead atoms. The predicted octanol–water partition coefficient (Wildman–Crippen LogP) is 3.06. The first kappa shape index (κ1) is 17.5. The number of halogens is 1. The number of carbonyl (C=O) groups is 1. The van der Waals surface area contributed by atoms with E-state index in [0.717, 1.165) is 38.5 Å². The van der Waals surface area contributed by atoms with Gasteiger partial charge in [-0.2, -0.15) is 0 Å². The smallest absolute Gasteiger partial charge is 0.262 e. The molecule has 0 aromatic heterocycles. The summed E-state index contributed by atoms with van der Waals surface area (Å²) in [7, 11) is -3.74. The van der Waals surface area contributed by atoms with Crippen LogP contribution in [0.2, 0.25) is 5.02 Å². The van der Waals surface area contributed by atoms with Gasteiger partial charge in [-0.3, -0.25) is 4.79 Å². The van der Waals surface area contributed by atoms with Crippen molar-refractivity contribution in [3.8, 4) is 5.75 Å². The summed E-state index contributed by atoms with van der Waals surface area (Å²) in [4.78, 5) is 11.3. The van der Waals surface area contributed by atoms with Crippen molar-refractivity contribution in [2.45, 2.75) is 55.9 Å². The molecule has 1 amide bonds. The number of fused-ring (bicyclic) bond motifs is 1. The third kappa shape index (κ3) is 4.02. The van der Waals surface area contributed by atoms with Crippen molar-refractivity contribution in [3.63, 3.8) is 0 Å². The van der Waals surface area contributed by atoms with Crippen LogP contribution in [-0.4, -0.2) is 27.0 Å². The summed E-state index contributed by atoms with van der Waals surface area (Å²) in [5.74, 6) is 0.0267. The number of carbonyl (C=O) groups excluding carboxylic acids is 1. The average molecular weight is 373 g/mol. The van der Waals surface area contributed by atoms with Crippen LogP contribution in [0.3, 0.4) is 0 Å². The fraction of sp³-hybridized carbons (Fsp3) is 0.562. The Morgan fingerprint density at radius 3 is 2.50 bits per heavy atom. The van der Waals surface area contributed by atoms with Crippen molar-refractivity contribution in [2.75, 3.05) is 11.9 Å². The van der Waals surface area contributed by atoms with E-state index in [-0.39, 0.29) is 28.5 Å². The Morgan fingerprint density at radius 2 is 1.79 bits per heavy atom. The molecule has 1 aromatic carbocycles. The lowest BCUT2D eigenvalue weighted by Crippen LogP contribution is -2.35. The van der Waals surface area contributed by atoms with E-state index in [2.05, 4.69) is 10.0 Å². The normalized spacial score (nSPS) is 19.6. The highest BCUT2D eigenvalue weighted by atomic mass is 35.5. The molecule has 0 spiro atoms. The van der Waals surface area contributed by atoms with Crippen molar-refractivity contribution >= 4 is 33.2 Å². The van der Waals surface area contributed by atoms with Crippen LogP contribution in [-0.2, 0) is 14.8 Å². The van der Waals surface area contributed by atoms with Gasteiger partial charge < -0.3 is 10.1 Å². The van der Waals surface area contributed by atoms with Gasteiger partial charge in [0.15, 0.2) is 6.61 Å². The van der Waals surface area contributed by atoms with Gasteiger partial charge in [-0.25, -0.2) is 13.1 Å². The Kier molecular flexibility index (Phi) is 5.32. The molecule has 2 N–H and O–H groups in total. The summed E-state index contributed by atoms with van der Waals surface area (Å²) in [5.41, 5.74) is 0.390. The van der Waals surface area contributed by atoms with Crippen molar-refractivity contribution < 1.29 is 17.9 Å². The molecule has 1 aliphatic carbocycles. The zero-order valence-electron chi connectivity index (χ0n) is 13.3. The fourth-order valence-electron chi connectivity index (χ4n) is 3.14. The third-order valence-electron chi connectivity index (χ3n) is 4.38. The minimum absolute atomic E-state index is 0.0128. The minimum Gasteiger partial charge on any atom is -0.482 e. The number of sulfonamides is 1. The van der Waals surface area contributed by atoms with Gasteiger partial charge in [0.2, 0.25) is 10.0 Å². The number of anilines is 1. The van der Waals surface area contributed by atoms with Gasteiger partial charge in [-0.15, -0.1) is 0 Å². The largest absolute Gasteiger partial charge is 0.482 e. The number of amides is 1. The molecular formula is C16H21ClN2O4S. The van der Waals surface area contributed by atoms with E-state index >= 15 is 0 Å². The van der Waals surface area contributed by atoms with Crippen molar-refractivity contribution in [1.29, 1.82) is 0 Å². The van der Waals surface area contributed by atoms with Crippen molar-refractivity contribution in [3.05, 3.63) is 17.2 Å². The maximum absolute atomic E-state index is 12.7. The standard InChI is InChI=1S/C16H21ClN2O4S/c17-12-8-13-14(23-10-16(20)18-13)9-15(12)24(21,22)19-11-6-4-2-1-3-5-7-11/h8-9,11,19H,1-7,10H2,(H,18,20). The zero-order valence-corrected chi connectivity index (χ0v) is 14.9. The monoisotopic (exact) mass is 372 g/mol. The molecule has 6 nitrogen and oxygen atoms in total. The lowest BCUT2D eigenvalue weighted by atomic mass is 9.97. The first-order valence-electron chi connectivity index (χ1n) is 8.24. The molecule has 0 atom stereocenters. The molecule has 0 saturated heterocycles. The van der Waals surface area contributed by atoms with Crippen LogP contribution in [0.15, 0.2) is 17.0 Å². The summed E-state index contributed by atoms with van der Waals surface area (Å²) in [6.07, 6.45) is 7.25. The van der Waals surface area contributed by atoms with Gasteiger partial charge >= 0.3 is 0 Å². The topological polar surface area (TPSA) is 84.5 Å². The first-order valence-corrected chi connectivity index (χ1v) is 10.1. The molecule has 0 radical (unpaired) electrons. The Morgan fingerprint density at radius 1 is 1.12 bits per heavy atom. The maximum atomic E-state index is 12.7. The highest BCUT2D eigenvalue weighted by Gasteiger charge is 2.26. The third-order valence-corrected chi connectivity index (χ3v) is 6.37. The van der Waals surface area contributed by atoms with Crippen LogP contribution < -0.4 is 14.8 Å². The van der Waals surface area contributed by atoms with Crippen LogP contribution in [0, 0.1) is 0 Å². The first-order chi connectivity index (χ1) is 11.5. The Balaban J connectivity index is 1.82. The second kappa shape index (κ2) is 7.29. The zero-order chi connectivity index (χ0) is 17.2. The highest BCUT2D eigenvalue weighted by molar-refractivity contribution is 7.89. The van der Waals surface area contributed by atoms with Gasteiger partial charge in [-0.05, 0) is 18.9 Å². The summed E-state index contributed by atoms with van der Waals surface area (Å²) in [5, 5.41) is 2.68. The number of rotatable bonds is 3. The van der Waals surface area contributed by atoms with Gasteiger partial charge in [0.05, 0.1) is 10.7 Å². The Hall–Kier alpha value is -1.31. The summed E-state index contributed by atoms with van der Waals surface area (Å²) >= 11 is 6.14. The maximum Gasteiger partial charge on any atom is 0.262 e. The number of nitrogens with one attached hydrogen (secondary N) is 2. The minimum atomic E-state index is -3.74. The van der Waals surface area contributed by atoms with E-state index in [1.807, 2.05) is 0 Å². The molecule has 132 valence electrons. The number of hydrogen-bond acceptors (Lipinski definition) is 4. The SMILES string of the molecule is O=C1COc2cc(S(=O)(=O)NC3CCCCCCC3)c(Cl)cc2N1. The average Bonchev–Trinajstić information content (AvgIpc) is 2.48. The molecule has 24 heavy (non-hydrogen) atoms. The van der Waals surface area contributed by atoms with Crippen LogP contribution in [0.1, 0.15) is 44.9 Å². The van der Waals surface area contributed by atoms with Gasteiger partial charge in [-0.1, -0.05) is 43.7 Å². The number of ether oxygens (including phenoxy) is 1. The molecule has 2 aliphatic rings. The molecule has 0 unspecified atom stereocenters. The second-order valence-corrected chi connectivity index (χ2v) is 8.37. The lowest BCUT2D eigenvalue weighted by molar-refractivity contribution is -0.118. The predicted molar refractivity (Wildman–Crippen MR) is 92.0 cm³/mol. The molecule has 1 heterocycles. The van der Waals surface area contributed by atoms with E-state index in [4.69, 9.17) is 16.3 Å². The number of benzene rings is 1. The van der Waals surface area contributed by atoms with Gasteiger partial charge in [0.1, 0.15) is 10.6 Å². The molecule has 1 saturated carbocycles. The summed E-state index contributed by atoms with van der Waals surface area (Å²) in [6, 6.07) is 2.73. The molecule has 1 aromatic rings. The van der Waals surface area contributed by atoms with Crippen molar-refractivity contribution in [1.82, 2.24) is 4.72 Å². The van der Waals surface area contributed by atoms with E-state index in [1.54, 1.807) is 0 Å².